The lowest BCUT2D eigenvalue weighted by Crippen LogP contribution is -1.80. The lowest BCUT2D eigenvalue weighted by Gasteiger charge is -1.95. The summed E-state index contributed by atoms with van der Waals surface area (Å²) in [6.45, 7) is 0. The molecule has 5 heteroatoms. The van der Waals surface area contributed by atoms with Crippen LogP contribution in [-0.2, 0) is 4.79 Å². The number of hydrogen-bond donors (Lipinski definition) is 1. The maximum atomic E-state index is 10.1. The summed E-state index contributed by atoms with van der Waals surface area (Å²) in [4.78, 5) is 13.5. The highest BCUT2D eigenvalue weighted by atomic mass is 16.1. The summed E-state index contributed by atoms with van der Waals surface area (Å²) < 4.78 is 0. The predicted molar refractivity (Wildman–Crippen MR) is 69.3 cm³/mol. The van der Waals surface area contributed by atoms with Gasteiger partial charge in [-0.2, -0.15) is 15.2 Å². The van der Waals surface area contributed by atoms with E-state index in [1.807, 2.05) is 0 Å². The number of nitrogen functional groups attached to an aromatic ring is 1. The maximum Gasteiger partial charge on any atom is 0.240 e. The Morgan fingerprint density at radius 3 is 1.72 bits per heavy atom. The Labute approximate surface area is 104 Å². The number of isocyanates is 1. The summed E-state index contributed by atoms with van der Waals surface area (Å²) in [6.07, 6.45) is 1.48. The van der Waals surface area contributed by atoms with E-state index in [1.54, 1.807) is 48.5 Å². The Morgan fingerprint density at radius 1 is 0.778 bits per heavy atom. The average molecular weight is 238 g/mol. The first-order valence-corrected chi connectivity index (χ1v) is 5.23. The van der Waals surface area contributed by atoms with Crippen molar-refractivity contribution >= 4 is 28.8 Å². The van der Waals surface area contributed by atoms with Crippen molar-refractivity contribution in [2.24, 2.45) is 15.2 Å². The molecule has 0 aliphatic rings. The van der Waals surface area contributed by atoms with E-state index in [0.717, 1.165) is 5.69 Å². The zero-order valence-corrected chi connectivity index (χ0v) is 9.45. The molecule has 0 aromatic heterocycles. The van der Waals surface area contributed by atoms with Crippen LogP contribution in [0.5, 0.6) is 0 Å². The third kappa shape index (κ3) is 3.10. The second-order valence-electron chi connectivity index (χ2n) is 3.51. The predicted octanol–water partition coefficient (Wildman–Crippen LogP) is 3.65. The third-order valence-electron chi connectivity index (χ3n) is 2.20. The Morgan fingerprint density at radius 2 is 1.22 bits per heavy atom. The van der Waals surface area contributed by atoms with E-state index in [0.29, 0.717) is 17.1 Å². The number of benzene rings is 2. The smallest absolute Gasteiger partial charge is 0.240 e. The highest BCUT2D eigenvalue weighted by Crippen LogP contribution is 2.21. The van der Waals surface area contributed by atoms with Crippen LogP contribution < -0.4 is 5.73 Å². The molecule has 0 amide bonds. The zero-order valence-electron chi connectivity index (χ0n) is 9.45. The van der Waals surface area contributed by atoms with Gasteiger partial charge in [0.1, 0.15) is 0 Å². The first kappa shape index (κ1) is 11.7. The molecular formula is C13H10N4O. The minimum atomic E-state index is 0.538. The average Bonchev–Trinajstić information content (AvgIpc) is 2.40. The second-order valence-corrected chi connectivity index (χ2v) is 3.51. The van der Waals surface area contributed by atoms with Crippen LogP contribution >= 0.6 is 0 Å². The van der Waals surface area contributed by atoms with Crippen molar-refractivity contribution in [1.82, 2.24) is 0 Å². The van der Waals surface area contributed by atoms with Crippen molar-refractivity contribution < 1.29 is 4.79 Å². The lowest BCUT2D eigenvalue weighted by molar-refractivity contribution is 0.565. The van der Waals surface area contributed by atoms with E-state index in [9.17, 15) is 4.79 Å². The van der Waals surface area contributed by atoms with Crippen LogP contribution in [0.1, 0.15) is 0 Å². The number of nitrogens with zero attached hydrogens (tertiary/aromatic N) is 3. The Bertz CT molecular complexity index is 596. The fourth-order valence-electron chi connectivity index (χ4n) is 1.30. The molecule has 0 saturated carbocycles. The molecule has 0 fully saturated rings. The maximum absolute atomic E-state index is 10.1. The van der Waals surface area contributed by atoms with Crippen molar-refractivity contribution in [3.63, 3.8) is 0 Å². The molecular weight excluding hydrogens is 228 g/mol. The fourth-order valence-corrected chi connectivity index (χ4v) is 1.30. The molecule has 0 unspecified atom stereocenters. The first-order valence-electron chi connectivity index (χ1n) is 5.23. The molecule has 5 nitrogen and oxygen atoms in total. The molecule has 88 valence electrons. The fraction of sp³-hybridized carbons (Fsp3) is 0. The van der Waals surface area contributed by atoms with E-state index in [1.165, 1.54) is 6.08 Å². The lowest BCUT2D eigenvalue weighted by atomic mass is 10.3. The van der Waals surface area contributed by atoms with E-state index >= 15 is 0 Å². The summed E-state index contributed by atoms with van der Waals surface area (Å²) >= 11 is 0. The molecule has 0 aliphatic heterocycles. The van der Waals surface area contributed by atoms with Crippen molar-refractivity contribution in [3.05, 3.63) is 48.5 Å². The van der Waals surface area contributed by atoms with Gasteiger partial charge in [-0.25, -0.2) is 4.79 Å². The third-order valence-corrected chi connectivity index (χ3v) is 2.20. The van der Waals surface area contributed by atoms with E-state index in [4.69, 9.17) is 5.73 Å². The molecule has 0 spiro atoms. The van der Waals surface area contributed by atoms with Crippen LogP contribution in [0.15, 0.2) is 63.8 Å². The molecule has 0 heterocycles. The molecule has 0 aliphatic carbocycles. The molecule has 2 aromatic carbocycles. The van der Waals surface area contributed by atoms with Crippen LogP contribution in [0, 0.1) is 0 Å². The highest BCUT2D eigenvalue weighted by Gasteiger charge is 1.92. The Balaban J connectivity index is 2.13. The van der Waals surface area contributed by atoms with Crippen molar-refractivity contribution in [1.29, 1.82) is 0 Å². The van der Waals surface area contributed by atoms with Gasteiger partial charge in [-0.1, -0.05) is 0 Å². The second kappa shape index (κ2) is 5.52. The van der Waals surface area contributed by atoms with Crippen LogP contribution in [0.4, 0.5) is 22.7 Å². The van der Waals surface area contributed by atoms with E-state index < -0.39 is 0 Å². The SMILES string of the molecule is Nc1ccc(N=Nc2ccc(N=C=O)cc2)cc1. The number of azo groups is 1. The Hall–Kier alpha value is -2.78. The van der Waals surface area contributed by atoms with Gasteiger partial charge in [0.15, 0.2) is 0 Å². The molecule has 18 heavy (non-hydrogen) atoms. The van der Waals surface area contributed by atoms with E-state index in [-0.39, 0.29) is 0 Å². The van der Waals surface area contributed by atoms with Crippen molar-refractivity contribution in [3.8, 4) is 0 Å². The number of anilines is 1. The Kier molecular flexibility index (Phi) is 3.59. The van der Waals surface area contributed by atoms with Gasteiger partial charge in [0.05, 0.1) is 17.1 Å². The van der Waals surface area contributed by atoms with Crippen LogP contribution in [0.25, 0.3) is 0 Å². The molecule has 0 saturated heterocycles. The summed E-state index contributed by atoms with van der Waals surface area (Å²) in [5, 5.41) is 8.11. The van der Waals surface area contributed by atoms with Gasteiger partial charge in [0.2, 0.25) is 6.08 Å². The first-order chi connectivity index (χ1) is 8.78. The molecule has 0 bridgehead atoms. The number of rotatable bonds is 3. The highest BCUT2D eigenvalue weighted by molar-refractivity contribution is 5.53. The van der Waals surface area contributed by atoms with Gasteiger partial charge in [0.25, 0.3) is 0 Å². The standard InChI is InChI=1S/C13H10N4O/c14-10-1-3-12(4-2-10)16-17-13-7-5-11(6-8-13)15-9-18/h1-8H,14H2. The minimum Gasteiger partial charge on any atom is -0.399 e. The summed E-state index contributed by atoms with van der Waals surface area (Å²) in [7, 11) is 0. The van der Waals surface area contributed by atoms with Crippen LogP contribution in [0.2, 0.25) is 0 Å². The molecule has 2 N–H and O–H groups in total. The number of carbonyl (C=O) groups excluding carboxylic acids is 1. The largest absolute Gasteiger partial charge is 0.399 e. The number of nitrogens with two attached hydrogens (primary N) is 1. The molecule has 0 atom stereocenters. The van der Waals surface area contributed by atoms with Gasteiger partial charge in [-0.3, -0.25) is 0 Å². The van der Waals surface area contributed by atoms with Gasteiger partial charge in [-0.15, -0.1) is 0 Å². The van der Waals surface area contributed by atoms with Crippen molar-refractivity contribution in [2.45, 2.75) is 0 Å². The van der Waals surface area contributed by atoms with Gasteiger partial charge < -0.3 is 5.73 Å². The summed E-state index contributed by atoms with van der Waals surface area (Å²) in [5.41, 5.74) is 8.19. The van der Waals surface area contributed by atoms with Crippen molar-refractivity contribution in [2.75, 3.05) is 5.73 Å². The number of hydrogen-bond acceptors (Lipinski definition) is 5. The quantitative estimate of drug-likeness (QED) is 0.383. The monoisotopic (exact) mass is 238 g/mol. The topological polar surface area (TPSA) is 80.2 Å². The van der Waals surface area contributed by atoms with Crippen LogP contribution in [-0.4, -0.2) is 6.08 Å². The normalized spacial score (nSPS) is 10.2. The van der Waals surface area contributed by atoms with E-state index in [2.05, 4.69) is 15.2 Å². The molecule has 2 rings (SSSR count). The van der Waals surface area contributed by atoms with Gasteiger partial charge in [0, 0.05) is 5.69 Å². The molecule has 0 radical (unpaired) electrons. The zero-order chi connectivity index (χ0) is 12.8. The minimum absolute atomic E-state index is 0.538. The summed E-state index contributed by atoms with van der Waals surface area (Å²) in [6, 6.07) is 13.9. The van der Waals surface area contributed by atoms with Gasteiger partial charge in [-0.05, 0) is 48.5 Å². The number of aliphatic imine (C=N–C) groups is 1. The van der Waals surface area contributed by atoms with Crippen LogP contribution in [0.3, 0.4) is 0 Å². The summed E-state index contributed by atoms with van der Waals surface area (Å²) in [5.74, 6) is 0. The molecule has 2 aromatic rings. The van der Waals surface area contributed by atoms with Gasteiger partial charge >= 0.3 is 0 Å².